The molecular formula is C14H16N4S. The van der Waals surface area contributed by atoms with E-state index < -0.39 is 0 Å². The molecule has 0 radical (unpaired) electrons. The second-order valence-electron chi connectivity index (χ2n) is 4.62. The minimum absolute atomic E-state index is 0.171. The number of guanidine groups is 1. The SMILES string of the molecule is Cc1nc(C2CN=C(N)N2Cc2ccccc2)cs1. The molecule has 0 fully saturated rings. The average Bonchev–Trinajstić information content (AvgIpc) is 2.99. The highest BCUT2D eigenvalue weighted by molar-refractivity contribution is 7.09. The number of aryl methyl sites for hydroxylation is 1. The number of benzene rings is 1. The molecule has 2 N–H and O–H groups in total. The van der Waals surface area contributed by atoms with E-state index in [0.717, 1.165) is 17.2 Å². The zero-order valence-electron chi connectivity index (χ0n) is 10.8. The Morgan fingerprint density at radius 3 is 2.84 bits per heavy atom. The van der Waals surface area contributed by atoms with Gasteiger partial charge in [0.2, 0.25) is 0 Å². The van der Waals surface area contributed by atoms with Gasteiger partial charge < -0.3 is 10.6 Å². The molecule has 5 heteroatoms. The molecule has 0 amide bonds. The van der Waals surface area contributed by atoms with Crippen LogP contribution in [0, 0.1) is 6.92 Å². The van der Waals surface area contributed by atoms with Crippen LogP contribution in [0.3, 0.4) is 0 Å². The Kier molecular flexibility index (Phi) is 3.21. The maximum atomic E-state index is 6.01. The van der Waals surface area contributed by atoms with E-state index in [1.165, 1.54) is 5.56 Å². The Hall–Kier alpha value is -1.88. The number of aromatic nitrogens is 1. The lowest BCUT2D eigenvalue weighted by molar-refractivity contribution is 0.335. The lowest BCUT2D eigenvalue weighted by Crippen LogP contribution is -2.35. The molecule has 0 bridgehead atoms. The summed E-state index contributed by atoms with van der Waals surface area (Å²) in [5.41, 5.74) is 8.32. The van der Waals surface area contributed by atoms with E-state index in [0.29, 0.717) is 12.5 Å². The summed E-state index contributed by atoms with van der Waals surface area (Å²) < 4.78 is 0. The van der Waals surface area contributed by atoms with Gasteiger partial charge in [-0.3, -0.25) is 4.99 Å². The van der Waals surface area contributed by atoms with Gasteiger partial charge in [0.1, 0.15) is 0 Å². The van der Waals surface area contributed by atoms with Gasteiger partial charge in [0.05, 0.1) is 23.3 Å². The van der Waals surface area contributed by atoms with Crippen molar-refractivity contribution in [1.82, 2.24) is 9.88 Å². The van der Waals surface area contributed by atoms with Crippen molar-refractivity contribution < 1.29 is 0 Å². The third-order valence-corrected chi connectivity index (χ3v) is 4.06. The Morgan fingerprint density at radius 2 is 2.16 bits per heavy atom. The maximum Gasteiger partial charge on any atom is 0.192 e. The molecule has 0 aliphatic carbocycles. The van der Waals surface area contributed by atoms with Crippen LogP contribution in [0.25, 0.3) is 0 Å². The number of hydrogen-bond acceptors (Lipinski definition) is 5. The lowest BCUT2D eigenvalue weighted by atomic mass is 10.1. The fourth-order valence-corrected chi connectivity index (χ4v) is 2.95. The van der Waals surface area contributed by atoms with Crippen molar-refractivity contribution >= 4 is 17.3 Å². The summed E-state index contributed by atoms with van der Waals surface area (Å²) in [6.45, 7) is 3.49. The summed E-state index contributed by atoms with van der Waals surface area (Å²) in [7, 11) is 0. The van der Waals surface area contributed by atoms with Crippen LogP contribution in [0.2, 0.25) is 0 Å². The van der Waals surface area contributed by atoms with Gasteiger partial charge in [0, 0.05) is 11.9 Å². The molecule has 0 spiro atoms. The summed E-state index contributed by atoms with van der Waals surface area (Å²) in [4.78, 5) is 11.1. The van der Waals surface area contributed by atoms with Gasteiger partial charge in [-0.2, -0.15) is 0 Å². The highest BCUT2D eigenvalue weighted by atomic mass is 32.1. The lowest BCUT2D eigenvalue weighted by Gasteiger charge is -2.25. The smallest absolute Gasteiger partial charge is 0.192 e. The molecule has 0 saturated heterocycles. The first-order valence-corrected chi connectivity index (χ1v) is 7.14. The van der Waals surface area contributed by atoms with Crippen LogP contribution >= 0.6 is 11.3 Å². The third kappa shape index (κ3) is 2.46. The Morgan fingerprint density at radius 1 is 1.37 bits per heavy atom. The molecule has 2 aromatic rings. The van der Waals surface area contributed by atoms with Gasteiger partial charge in [-0.25, -0.2) is 4.98 Å². The normalized spacial score (nSPS) is 18.7. The van der Waals surface area contributed by atoms with Gasteiger partial charge in [-0.05, 0) is 12.5 Å². The van der Waals surface area contributed by atoms with Crippen LogP contribution in [0.15, 0.2) is 40.7 Å². The zero-order chi connectivity index (χ0) is 13.2. The van der Waals surface area contributed by atoms with Gasteiger partial charge in [0.25, 0.3) is 0 Å². The Bertz CT molecular complexity index is 591. The van der Waals surface area contributed by atoms with Gasteiger partial charge in [-0.15, -0.1) is 11.3 Å². The van der Waals surface area contributed by atoms with E-state index in [2.05, 4.69) is 32.4 Å². The fourth-order valence-electron chi connectivity index (χ4n) is 2.29. The number of nitrogens with two attached hydrogens (primary N) is 1. The summed E-state index contributed by atoms with van der Waals surface area (Å²) in [5, 5.41) is 3.19. The minimum Gasteiger partial charge on any atom is -0.370 e. The molecule has 98 valence electrons. The van der Waals surface area contributed by atoms with E-state index in [9.17, 15) is 0 Å². The van der Waals surface area contributed by atoms with Crippen molar-refractivity contribution in [2.24, 2.45) is 10.7 Å². The molecule has 2 heterocycles. The quantitative estimate of drug-likeness (QED) is 0.933. The summed E-state index contributed by atoms with van der Waals surface area (Å²) in [6, 6.07) is 10.5. The molecule has 3 rings (SSSR count). The number of rotatable bonds is 3. The number of thiazole rings is 1. The predicted molar refractivity (Wildman–Crippen MR) is 78.1 cm³/mol. The predicted octanol–water partition coefficient (Wildman–Crippen LogP) is 2.32. The van der Waals surface area contributed by atoms with Crippen molar-refractivity contribution in [3.05, 3.63) is 52.0 Å². The molecule has 19 heavy (non-hydrogen) atoms. The van der Waals surface area contributed by atoms with Gasteiger partial charge >= 0.3 is 0 Å². The molecule has 0 saturated carbocycles. The summed E-state index contributed by atoms with van der Waals surface area (Å²) >= 11 is 1.67. The van der Waals surface area contributed by atoms with Crippen LogP contribution in [-0.4, -0.2) is 22.4 Å². The van der Waals surface area contributed by atoms with Crippen LogP contribution < -0.4 is 5.73 Å². The van der Waals surface area contributed by atoms with Crippen LogP contribution in [-0.2, 0) is 6.54 Å². The summed E-state index contributed by atoms with van der Waals surface area (Å²) in [5.74, 6) is 0.611. The van der Waals surface area contributed by atoms with E-state index in [4.69, 9.17) is 5.73 Å². The summed E-state index contributed by atoms with van der Waals surface area (Å²) in [6.07, 6.45) is 0. The molecule has 1 unspecified atom stereocenters. The van der Waals surface area contributed by atoms with Crippen molar-refractivity contribution in [3.63, 3.8) is 0 Å². The third-order valence-electron chi connectivity index (χ3n) is 3.27. The first kappa shape index (κ1) is 12.2. The van der Waals surface area contributed by atoms with Gasteiger partial charge in [0.15, 0.2) is 5.96 Å². The molecule has 1 atom stereocenters. The standard InChI is InChI=1S/C14H16N4S/c1-10-17-12(9-19-10)13-7-16-14(15)18(13)8-11-5-3-2-4-6-11/h2-6,9,13H,7-8H2,1H3,(H2,15,16). The number of hydrogen-bond donors (Lipinski definition) is 1. The zero-order valence-corrected chi connectivity index (χ0v) is 11.6. The van der Waals surface area contributed by atoms with Gasteiger partial charge in [-0.1, -0.05) is 30.3 Å². The maximum absolute atomic E-state index is 6.01. The second kappa shape index (κ2) is 5.01. The van der Waals surface area contributed by atoms with E-state index in [1.54, 1.807) is 11.3 Å². The minimum atomic E-state index is 0.171. The topological polar surface area (TPSA) is 54.5 Å². The molecule has 1 aliphatic heterocycles. The van der Waals surface area contributed by atoms with E-state index >= 15 is 0 Å². The highest BCUT2D eigenvalue weighted by Crippen LogP contribution is 2.28. The second-order valence-corrected chi connectivity index (χ2v) is 5.68. The van der Waals surface area contributed by atoms with Crippen LogP contribution in [0.5, 0.6) is 0 Å². The highest BCUT2D eigenvalue weighted by Gasteiger charge is 2.29. The monoisotopic (exact) mass is 272 g/mol. The van der Waals surface area contributed by atoms with E-state index in [-0.39, 0.29) is 6.04 Å². The van der Waals surface area contributed by atoms with Crippen molar-refractivity contribution in [2.75, 3.05) is 6.54 Å². The van der Waals surface area contributed by atoms with E-state index in [1.807, 2.05) is 25.1 Å². The first-order valence-electron chi connectivity index (χ1n) is 6.26. The molecule has 4 nitrogen and oxygen atoms in total. The average molecular weight is 272 g/mol. The largest absolute Gasteiger partial charge is 0.370 e. The molecule has 1 aliphatic rings. The first-order chi connectivity index (χ1) is 9.24. The Labute approximate surface area is 116 Å². The number of aliphatic imine (C=N–C) groups is 1. The van der Waals surface area contributed by atoms with Crippen molar-refractivity contribution in [2.45, 2.75) is 19.5 Å². The van der Waals surface area contributed by atoms with Crippen LogP contribution in [0.4, 0.5) is 0 Å². The molecule has 1 aromatic heterocycles. The fraction of sp³-hybridized carbons (Fsp3) is 0.286. The van der Waals surface area contributed by atoms with Crippen molar-refractivity contribution in [3.8, 4) is 0 Å². The molecule has 1 aromatic carbocycles. The number of nitrogens with zero attached hydrogens (tertiary/aromatic N) is 3. The Balaban J connectivity index is 1.83. The van der Waals surface area contributed by atoms with Crippen molar-refractivity contribution in [1.29, 1.82) is 0 Å². The van der Waals surface area contributed by atoms with Crippen LogP contribution in [0.1, 0.15) is 22.3 Å². The molecular weight excluding hydrogens is 256 g/mol.